The Morgan fingerprint density at radius 2 is 1.77 bits per heavy atom. The minimum atomic E-state index is -3.05. The fourth-order valence-corrected chi connectivity index (χ4v) is 4.64. The van der Waals surface area contributed by atoms with E-state index < -0.39 is 69.6 Å². The molecule has 2 atom stereocenters. The van der Waals surface area contributed by atoms with Crippen LogP contribution in [0.1, 0.15) is 21.5 Å². The predicted octanol–water partition coefficient (Wildman–Crippen LogP) is 0.748. The standard InChI is InChI=1S/C20H14ClNO8/c1-5-6-4-7-14(24)16(26)13(19(22)29)18(28)20(7,30)17(27)11(6)15(25)12-9(23)3-2-8(21)10(5)12/h2-3,7,23,25-26,30H,4H2,1H3,(H2,22,29). The zero-order valence-corrected chi connectivity index (χ0v) is 16.1. The summed E-state index contributed by atoms with van der Waals surface area (Å²) in [4.78, 5) is 50.3. The lowest BCUT2D eigenvalue weighted by molar-refractivity contribution is -0.146. The van der Waals surface area contributed by atoms with Crippen LogP contribution in [0.4, 0.5) is 0 Å². The maximum Gasteiger partial charge on any atom is 0.256 e. The molecule has 0 saturated carbocycles. The zero-order valence-electron chi connectivity index (χ0n) is 15.3. The molecule has 0 spiro atoms. The number of phenols is 2. The summed E-state index contributed by atoms with van der Waals surface area (Å²) in [6.45, 7) is 1.53. The summed E-state index contributed by atoms with van der Waals surface area (Å²) in [5.41, 5.74) is 0.778. The van der Waals surface area contributed by atoms with Crippen LogP contribution in [0.5, 0.6) is 11.5 Å². The van der Waals surface area contributed by atoms with E-state index in [-0.39, 0.29) is 21.4 Å². The van der Waals surface area contributed by atoms with Crippen molar-refractivity contribution in [3.8, 4) is 11.5 Å². The summed E-state index contributed by atoms with van der Waals surface area (Å²) in [6.07, 6.45) is -0.417. The maximum atomic E-state index is 13.3. The number of halogens is 1. The second kappa shape index (κ2) is 6.04. The van der Waals surface area contributed by atoms with Crippen LogP contribution >= 0.6 is 11.6 Å². The van der Waals surface area contributed by atoms with Gasteiger partial charge in [0.1, 0.15) is 17.1 Å². The van der Waals surface area contributed by atoms with Gasteiger partial charge in [0.05, 0.1) is 16.9 Å². The predicted molar refractivity (Wildman–Crippen MR) is 102 cm³/mol. The van der Waals surface area contributed by atoms with Gasteiger partial charge in [-0.05, 0) is 36.6 Å². The fourth-order valence-electron chi connectivity index (χ4n) is 4.34. The van der Waals surface area contributed by atoms with Crippen molar-refractivity contribution in [2.75, 3.05) is 0 Å². The first-order chi connectivity index (χ1) is 13.9. The highest BCUT2D eigenvalue weighted by Crippen LogP contribution is 2.49. The van der Waals surface area contributed by atoms with E-state index in [1.54, 1.807) is 0 Å². The first-order valence-corrected chi connectivity index (χ1v) is 9.07. The van der Waals surface area contributed by atoms with Crippen LogP contribution < -0.4 is 5.73 Å². The molecule has 154 valence electrons. The average molecular weight is 432 g/mol. The molecule has 0 saturated heterocycles. The Morgan fingerprint density at radius 1 is 1.13 bits per heavy atom. The van der Waals surface area contributed by atoms with E-state index >= 15 is 0 Å². The molecule has 2 aliphatic rings. The molecule has 0 radical (unpaired) electrons. The highest BCUT2D eigenvalue weighted by molar-refractivity contribution is 6.39. The number of fused-ring (bicyclic) bond motifs is 3. The van der Waals surface area contributed by atoms with Crippen molar-refractivity contribution in [2.45, 2.75) is 18.9 Å². The van der Waals surface area contributed by atoms with Crippen LogP contribution in [0.15, 0.2) is 23.5 Å². The van der Waals surface area contributed by atoms with Crippen LogP contribution in [-0.2, 0) is 20.8 Å². The Morgan fingerprint density at radius 3 is 2.37 bits per heavy atom. The Bertz CT molecular complexity index is 1280. The molecular weight excluding hydrogens is 418 g/mol. The quantitative estimate of drug-likeness (QED) is 0.324. The molecule has 0 aliphatic heterocycles. The highest BCUT2D eigenvalue weighted by atomic mass is 35.5. The van der Waals surface area contributed by atoms with Crippen LogP contribution in [0.25, 0.3) is 10.8 Å². The molecule has 2 aromatic carbocycles. The lowest BCUT2D eigenvalue weighted by Crippen LogP contribution is -2.62. The molecule has 30 heavy (non-hydrogen) atoms. The number of allylic oxidation sites excluding steroid dienone is 1. The van der Waals surface area contributed by atoms with Gasteiger partial charge in [-0.1, -0.05) is 11.6 Å². The van der Waals surface area contributed by atoms with Crippen LogP contribution in [0.2, 0.25) is 5.02 Å². The van der Waals surface area contributed by atoms with E-state index in [4.69, 9.17) is 17.3 Å². The van der Waals surface area contributed by atoms with E-state index in [1.807, 2.05) is 0 Å². The van der Waals surface area contributed by atoms with Gasteiger partial charge in [0.2, 0.25) is 23.0 Å². The van der Waals surface area contributed by atoms with E-state index in [0.29, 0.717) is 5.56 Å². The second-order valence-corrected chi connectivity index (χ2v) is 7.68. The van der Waals surface area contributed by atoms with Gasteiger partial charge in [-0.3, -0.25) is 19.2 Å². The average Bonchev–Trinajstić information content (AvgIpc) is 2.67. The number of amides is 1. The smallest absolute Gasteiger partial charge is 0.256 e. The Balaban J connectivity index is 2.10. The molecule has 1 amide bonds. The Hall–Kier alpha value is -3.43. The Labute approximate surface area is 173 Å². The number of phenolic OH excluding ortho intramolecular Hbond substituents is 2. The minimum Gasteiger partial charge on any atom is -0.507 e. The van der Waals surface area contributed by atoms with Crippen LogP contribution in [0, 0.1) is 12.8 Å². The molecule has 9 nitrogen and oxygen atoms in total. The third-order valence-electron chi connectivity index (χ3n) is 5.83. The molecule has 2 aromatic rings. The lowest BCUT2D eigenvalue weighted by atomic mass is 9.62. The molecule has 4 rings (SSSR count). The van der Waals surface area contributed by atoms with Gasteiger partial charge < -0.3 is 26.2 Å². The van der Waals surface area contributed by atoms with Gasteiger partial charge in [-0.2, -0.15) is 0 Å². The number of hydrogen-bond donors (Lipinski definition) is 5. The summed E-state index contributed by atoms with van der Waals surface area (Å²) >= 11 is 6.20. The number of ketones is 3. The molecule has 0 bridgehead atoms. The van der Waals surface area contributed by atoms with E-state index in [9.17, 15) is 39.6 Å². The van der Waals surface area contributed by atoms with E-state index in [1.165, 1.54) is 19.1 Å². The maximum absolute atomic E-state index is 13.3. The number of nitrogens with two attached hydrogens (primary N) is 1. The van der Waals surface area contributed by atoms with Gasteiger partial charge in [0.15, 0.2) is 5.76 Å². The normalized spacial score (nSPS) is 23.6. The fraction of sp³-hybridized carbons (Fsp3) is 0.200. The largest absolute Gasteiger partial charge is 0.507 e. The monoisotopic (exact) mass is 431 g/mol. The van der Waals surface area contributed by atoms with Crippen molar-refractivity contribution < 1.29 is 39.6 Å². The number of aryl methyl sites for hydroxylation is 1. The molecule has 2 aliphatic carbocycles. The molecule has 0 fully saturated rings. The number of aliphatic hydroxyl groups is 2. The lowest BCUT2D eigenvalue weighted by Gasteiger charge is -2.40. The van der Waals surface area contributed by atoms with E-state index in [0.717, 1.165) is 0 Å². The summed E-state index contributed by atoms with van der Waals surface area (Å²) in [7, 11) is 0. The molecule has 10 heteroatoms. The van der Waals surface area contributed by atoms with Gasteiger partial charge >= 0.3 is 0 Å². The van der Waals surface area contributed by atoms with Crippen LogP contribution in [-0.4, -0.2) is 49.3 Å². The number of benzene rings is 2. The summed E-state index contributed by atoms with van der Waals surface area (Å²) in [5, 5.41) is 42.2. The van der Waals surface area contributed by atoms with Crippen molar-refractivity contribution in [1.82, 2.24) is 0 Å². The first-order valence-electron chi connectivity index (χ1n) is 8.69. The first kappa shape index (κ1) is 19.9. The topological polar surface area (TPSA) is 175 Å². The number of carbonyl (C=O) groups excluding carboxylic acids is 4. The molecule has 2 unspecified atom stereocenters. The zero-order chi connectivity index (χ0) is 22.3. The SMILES string of the molecule is Cc1c2c(c(O)c3c(O)ccc(Cl)c13)C(=O)C1(O)C(=O)C(C(N)=O)=C(O)C(=O)C1C2. The van der Waals surface area contributed by atoms with Gasteiger partial charge in [0, 0.05) is 10.4 Å². The van der Waals surface area contributed by atoms with Crippen molar-refractivity contribution in [3.05, 3.63) is 45.2 Å². The third-order valence-corrected chi connectivity index (χ3v) is 6.14. The third kappa shape index (κ3) is 2.16. The van der Waals surface area contributed by atoms with Crippen molar-refractivity contribution in [2.24, 2.45) is 11.7 Å². The van der Waals surface area contributed by atoms with Crippen molar-refractivity contribution in [1.29, 1.82) is 0 Å². The highest BCUT2D eigenvalue weighted by Gasteiger charge is 2.63. The molecule has 0 heterocycles. The van der Waals surface area contributed by atoms with Crippen molar-refractivity contribution in [3.63, 3.8) is 0 Å². The number of rotatable bonds is 1. The molecular formula is C20H14ClNO8. The van der Waals surface area contributed by atoms with Gasteiger partial charge in [-0.25, -0.2) is 0 Å². The number of carbonyl (C=O) groups is 4. The van der Waals surface area contributed by atoms with E-state index in [2.05, 4.69) is 0 Å². The van der Waals surface area contributed by atoms with Crippen LogP contribution in [0.3, 0.4) is 0 Å². The number of primary amides is 1. The van der Waals surface area contributed by atoms with Gasteiger partial charge in [0.25, 0.3) is 5.91 Å². The van der Waals surface area contributed by atoms with Crippen molar-refractivity contribution >= 4 is 45.6 Å². The number of aromatic hydroxyl groups is 2. The number of hydrogen-bond acceptors (Lipinski definition) is 8. The summed E-state index contributed by atoms with van der Waals surface area (Å²) in [5.74, 6) is -9.66. The molecule has 0 aromatic heterocycles. The Kier molecular flexibility index (Phi) is 4.00. The molecule has 6 N–H and O–H groups in total. The minimum absolute atomic E-state index is 0.114. The number of Topliss-reactive ketones (excluding diaryl/α,β-unsaturated/α-hetero) is 3. The summed E-state index contributed by atoms with van der Waals surface area (Å²) < 4.78 is 0. The second-order valence-electron chi connectivity index (χ2n) is 7.28. The van der Waals surface area contributed by atoms with Gasteiger partial charge in [-0.15, -0.1) is 0 Å². The number of aliphatic hydroxyl groups excluding tert-OH is 1. The summed E-state index contributed by atoms with van der Waals surface area (Å²) in [6, 6.07) is 2.57.